The molecule has 1 heterocycles. The summed E-state index contributed by atoms with van der Waals surface area (Å²) in [5, 5.41) is 13.1. The molecule has 0 saturated heterocycles. The van der Waals surface area contributed by atoms with Crippen molar-refractivity contribution in [3.05, 3.63) is 39.5 Å². The Bertz CT molecular complexity index is 620. The topological polar surface area (TPSA) is 68.0 Å². The first-order valence-corrected chi connectivity index (χ1v) is 6.69. The summed E-state index contributed by atoms with van der Waals surface area (Å²) in [6, 6.07) is 7.78. The third-order valence-electron chi connectivity index (χ3n) is 2.82. The van der Waals surface area contributed by atoms with Gasteiger partial charge in [0.2, 0.25) is 0 Å². The van der Waals surface area contributed by atoms with Gasteiger partial charge in [-0.3, -0.25) is 0 Å². The molecule has 1 aliphatic carbocycles. The largest absolute Gasteiger partial charge is 0.475 e. The summed E-state index contributed by atoms with van der Waals surface area (Å²) in [5.74, 6) is -0.102. The lowest BCUT2D eigenvalue weighted by molar-refractivity contribution is 0.0683. The Morgan fingerprint density at radius 3 is 2.83 bits per heavy atom. The normalized spacial score (nSPS) is 14.7. The van der Waals surface area contributed by atoms with Crippen molar-refractivity contribution in [1.82, 2.24) is 14.8 Å². The van der Waals surface area contributed by atoms with Crippen LogP contribution in [0.5, 0.6) is 0 Å². The van der Waals surface area contributed by atoms with Gasteiger partial charge in [-0.2, -0.15) is 0 Å². The van der Waals surface area contributed by atoms with Gasteiger partial charge in [-0.25, -0.2) is 14.5 Å². The van der Waals surface area contributed by atoms with Gasteiger partial charge in [-0.05, 0) is 53.6 Å². The zero-order valence-corrected chi connectivity index (χ0v) is 11.5. The molecule has 5 nitrogen and oxygen atoms in total. The molecule has 0 atom stereocenters. The second kappa shape index (κ2) is 4.34. The van der Waals surface area contributed by atoms with E-state index in [1.165, 1.54) is 0 Å². The molecular formula is C12H10IN3O2. The van der Waals surface area contributed by atoms with Gasteiger partial charge in [0.05, 0.1) is 5.69 Å². The zero-order valence-electron chi connectivity index (χ0n) is 9.38. The summed E-state index contributed by atoms with van der Waals surface area (Å²) in [5.41, 5.74) is 0.865. The number of hydrogen-bond acceptors (Lipinski definition) is 3. The number of rotatable bonds is 3. The van der Waals surface area contributed by atoms with Crippen LogP contribution in [0.2, 0.25) is 0 Å². The molecule has 0 radical (unpaired) electrons. The summed E-state index contributed by atoms with van der Waals surface area (Å²) in [6.07, 6.45) is 2.11. The van der Waals surface area contributed by atoms with Crippen LogP contribution in [-0.2, 0) is 0 Å². The van der Waals surface area contributed by atoms with E-state index in [2.05, 4.69) is 32.7 Å². The molecule has 0 unspecified atom stereocenters. The van der Waals surface area contributed by atoms with Crippen LogP contribution in [0.4, 0.5) is 0 Å². The molecule has 0 spiro atoms. The maximum atomic E-state index is 11.0. The van der Waals surface area contributed by atoms with E-state index in [4.69, 9.17) is 5.11 Å². The molecule has 1 aromatic carbocycles. The molecule has 3 rings (SSSR count). The Morgan fingerprint density at radius 2 is 2.22 bits per heavy atom. The molecule has 1 N–H and O–H groups in total. The Balaban J connectivity index is 2.12. The summed E-state index contributed by atoms with van der Waals surface area (Å²) < 4.78 is 2.74. The third-order valence-corrected chi connectivity index (χ3v) is 3.49. The van der Waals surface area contributed by atoms with E-state index in [1.807, 2.05) is 24.3 Å². The predicted molar refractivity (Wildman–Crippen MR) is 73.0 cm³/mol. The number of carboxylic acids is 1. The molecule has 18 heavy (non-hydrogen) atoms. The Labute approximate surface area is 117 Å². The fourth-order valence-electron chi connectivity index (χ4n) is 1.82. The van der Waals surface area contributed by atoms with Crippen LogP contribution in [0.1, 0.15) is 35.2 Å². The summed E-state index contributed by atoms with van der Waals surface area (Å²) >= 11 is 2.22. The van der Waals surface area contributed by atoms with Crippen LogP contribution >= 0.6 is 22.6 Å². The first-order chi connectivity index (χ1) is 8.65. The minimum Gasteiger partial charge on any atom is -0.475 e. The van der Waals surface area contributed by atoms with Crippen LogP contribution < -0.4 is 0 Å². The highest BCUT2D eigenvalue weighted by Crippen LogP contribution is 2.39. The number of halogens is 1. The standard InChI is InChI=1S/C12H10IN3O2/c13-8-2-1-3-9(6-8)16-11(7-4-5-7)14-10(15-16)12(17)18/h1-3,6-7H,4-5H2,(H,17,18). The monoisotopic (exact) mass is 355 g/mol. The van der Waals surface area contributed by atoms with Crippen molar-refractivity contribution >= 4 is 28.6 Å². The number of carboxylic acid groups (broad SMARTS) is 1. The molecule has 0 amide bonds. The van der Waals surface area contributed by atoms with Gasteiger partial charge in [0.1, 0.15) is 5.82 Å². The molecule has 0 aliphatic heterocycles. The number of benzene rings is 1. The molecule has 1 saturated carbocycles. The van der Waals surface area contributed by atoms with Crippen molar-refractivity contribution in [2.24, 2.45) is 0 Å². The second-order valence-corrected chi connectivity index (χ2v) is 5.51. The van der Waals surface area contributed by atoms with Crippen LogP contribution in [0, 0.1) is 3.57 Å². The molecule has 6 heteroatoms. The SMILES string of the molecule is O=C(O)c1nc(C2CC2)n(-c2cccc(I)c2)n1. The van der Waals surface area contributed by atoms with Gasteiger partial charge in [0, 0.05) is 9.49 Å². The fraction of sp³-hybridized carbons (Fsp3) is 0.250. The van der Waals surface area contributed by atoms with Crippen molar-refractivity contribution in [2.75, 3.05) is 0 Å². The number of hydrogen-bond donors (Lipinski definition) is 1. The summed E-state index contributed by atoms with van der Waals surface area (Å²) in [4.78, 5) is 15.1. The Kier molecular flexibility index (Phi) is 2.81. The van der Waals surface area contributed by atoms with Crippen molar-refractivity contribution in [3.63, 3.8) is 0 Å². The van der Waals surface area contributed by atoms with E-state index < -0.39 is 5.97 Å². The maximum Gasteiger partial charge on any atom is 0.375 e. The van der Waals surface area contributed by atoms with Crippen molar-refractivity contribution in [3.8, 4) is 5.69 Å². The van der Waals surface area contributed by atoms with Crippen molar-refractivity contribution in [1.29, 1.82) is 0 Å². The minimum atomic E-state index is -1.08. The highest BCUT2D eigenvalue weighted by atomic mass is 127. The van der Waals surface area contributed by atoms with E-state index >= 15 is 0 Å². The number of nitrogens with zero attached hydrogens (tertiary/aromatic N) is 3. The summed E-state index contributed by atoms with van der Waals surface area (Å²) in [7, 11) is 0. The van der Waals surface area contributed by atoms with Crippen LogP contribution in [0.25, 0.3) is 5.69 Å². The molecule has 2 aromatic rings. The first kappa shape index (κ1) is 11.6. The van der Waals surface area contributed by atoms with Gasteiger partial charge in [-0.1, -0.05) is 6.07 Å². The van der Waals surface area contributed by atoms with Gasteiger partial charge < -0.3 is 5.11 Å². The van der Waals surface area contributed by atoms with E-state index in [1.54, 1.807) is 4.68 Å². The molecule has 1 aromatic heterocycles. The third kappa shape index (κ3) is 2.12. The smallest absolute Gasteiger partial charge is 0.375 e. The highest BCUT2D eigenvalue weighted by Gasteiger charge is 2.31. The predicted octanol–water partition coefficient (Wildman–Crippen LogP) is 2.45. The maximum absolute atomic E-state index is 11.0. The number of carbonyl (C=O) groups is 1. The molecule has 1 aliphatic rings. The van der Waals surface area contributed by atoms with Gasteiger partial charge in [0.15, 0.2) is 0 Å². The van der Waals surface area contributed by atoms with E-state index in [-0.39, 0.29) is 5.82 Å². The van der Waals surface area contributed by atoms with Crippen molar-refractivity contribution < 1.29 is 9.90 Å². The lowest BCUT2D eigenvalue weighted by Crippen LogP contribution is -2.03. The van der Waals surface area contributed by atoms with Crippen LogP contribution in [0.3, 0.4) is 0 Å². The molecule has 0 bridgehead atoms. The zero-order chi connectivity index (χ0) is 12.7. The van der Waals surface area contributed by atoms with Gasteiger partial charge in [0.25, 0.3) is 5.82 Å². The molecule has 92 valence electrons. The lowest BCUT2D eigenvalue weighted by atomic mass is 10.3. The average Bonchev–Trinajstić information content (AvgIpc) is 3.07. The van der Waals surface area contributed by atoms with E-state index in [9.17, 15) is 4.79 Å². The summed E-state index contributed by atoms with van der Waals surface area (Å²) in [6.45, 7) is 0. The molecule has 1 fully saturated rings. The Hall–Kier alpha value is -1.44. The quantitative estimate of drug-likeness (QED) is 0.859. The van der Waals surface area contributed by atoms with Crippen LogP contribution in [0.15, 0.2) is 24.3 Å². The average molecular weight is 355 g/mol. The minimum absolute atomic E-state index is 0.129. The van der Waals surface area contributed by atoms with Gasteiger partial charge in [-0.15, -0.1) is 5.10 Å². The first-order valence-electron chi connectivity index (χ1n) is 5.61. The Morgan fingerprint density at radius 1 is 1.44 bits per heavy atom. The van der Waals surface area contributed by atoms with E-state index in [0.717, 1.165) is 27.9 Å². The van der Waals surface area contributed by atoms with Crippen molar-refractivity contribution in [2.45, 2.75) is 18.8 Å². The van der Waals surface area contributed by atoms with Gasteiger partial charge >= 0.3 is 5.97 Å². The highest BCUT2D eigenvalue weighted by molar-refractivity contribution is 14.1. The number of aromatic carboxylic acids is 1. The van der Waals surface area contributed by atoms with Crippen LogP contribution in [-0.4, -0.2) is 25.8 Å². The number of aromatic nitrogens is 3. The molecular weight excluding hydrogens is 345 g/mol. The fourth-order valence-corrected chi connectivity index (χ4v) is 2.35. The van der Waals surface area contributed by atoms with E-state index in [0.29, 0.717) is 5.92 Å². The second-order valence-electron chi connectivity index (χ2n) is 4.26. The lowest BCUT2D eigenvalue weighted by Gasteiger charge is -2.04.